The molecule has 1 aromatic carbocycles. The van der Waals surface area contributed by atoms with E-state index >= 15 is 0 Å². The predicted octanol–water partition coefficient (Wildman–Crippen LogP) is 1.81. The van der Waals surface area contributed by atoms with Crippen LogP contribution in [-0.4, -0.2) is 17.1 Å². The highest BCUT2D eigenvalue weighted by Crippen LogP contribution is 2.19. The molecule has 0 amide bonds. The number of nitrogens with one attached hydrogen (secondary N) is 1. The Kier molecular flexibility index (Phi) is 2.69. The first-order valence-corrected chi connectivity index (χ1v) is 4.68. The fourth-order valence-corrected chi connectivity index (χ4v) is 1.48. The first-order valence-electron chi connectivity index (χ1n) is 4.68. The zero-order valence-corrected chi connectivity index (χ0v) is 8.53. The molecular weight excluding hydrogens is 190 g/mol. The number of nitrogens with zero attached hydrogens (tertiary/aromatic N) is 1. The van der Waals surface area contributed by atoms with Crippen molar-refractivity contribution >= 4 is 5.95 Å². The summed E-state index contributed by atoms with van der Waals surface area (Å²) in [4.78, 5) is 6.95. The van der Waals surface area contributed by atoms with Crippen LogP contribution in [-0.2, 0) is 11.3 Å². The number of benzene rings is 1. The number of H-pyrrole nitrogens is 1. The van der Waals surface area contributed by atoms with E-state index in [-0.39, 0.29) is 0 Å². The fraction of sp³-hybridized carbons (Fsp3) is 0.182. The quantitative estimate of drug-likeness (QED) is 0.799. The van der Waals surface area contributed by atoms with Crippen LogP contribution >= 0.6 is 0 Å². The van der Waals surface area contributed by atoms with Gasteiger partial charge in [0.05, 0.1) is 18.5 Å². The molecule has 15 heavy (non-hydrogen) atoms. The van der Waals surface area contributed by atoms with Crippen LogP contribution < -0.4 is 5.73 Å². The number of ether oxygens (including phenoxy) is 1. The van der Waals surface area contributed by atoms with Crippen molar-refractivity contribution in [2.24, 2.45) is 0 Å². The Labute approximate surface area is 88.1 Å². The zero-order chi connectivity index (χ0) is 10.7. The van der Waals surface area contributed by atoms with E-state index < -0.39 is 0 Å². The van der Waals surface area contributed by atoms with Crippen LogP contribution in [0.25, 0.3) is 11.3 Å². The average Bonchev–Trinajstić information content (AvgIpc) is 2.66. The lowest BCUT2D eigenvalue weighted by Gasteiger charge is -2.02. The molecule has 0 aliphatic rings. The van der Waals surface area contributed by atoms with E-state index in [1.165, 1.54) is 0 Å². The first kappa shape index (κ1) is 9.73. The zero-order valence-electron chi connectivity index (χ0n) is 8.53. The van der Waals surface area contributed by atoms with Crippen LogP contribution in [0.3, 0.4) is 0 Å². The normalized spacial score (nSPS) is 10.5. The van der Waals surface area contributed by atoms with Crippen LogP contribution in [0.2, 0.25) is 0 Å². The van der Waals surface area contributed by atoms with E-state index in [9.17, 15) is 0 Å². The van der Waals surface area contributed by atoms with Crippen LogP contribution in [0.1, 0.15) is 5.56 Å². The van der Waals surface area contributed by atoms with Crippen LogP contribution in [0.15, 0.2) is 30.5 Å². The highest BCUT2D eigenvalue weighted by molar-refractivity contribution is 5.60. The van der Waals surface area contributed by atoms with Crippen molar-refractivity contribution in [3.05, 3.63) is 36.0 Å². The van der Waals surface area contributed by atoms with Gasteiger partial charge in [-0.05, 0) is 17.2 Å². The summed E-state index contributed by atoms with van der Waals surface area (Å²) in [7, 11) is 1.68. The third kappa shape index (κ3) is 2.16. The molecule has 2 rings (SSSR count). The van der Waals surface area contributed by atoms with Gasteiger partial charge in [0.15, 0.2) is 5.95 Å². The maximum Gasteiger partial charge on any atom is 0.197 e. The highest BCUT2D eigenvalue weighted by atomic mass is 16.5. The minimum Gasteiger partial charge on any atom is -0.380 e. The molecule has 1 aromatic heterocycles. The Morgan fingerprint density at radius 2 is 2.33 bits per heavy atom. The molecule has 0 spiro atoms. The number of aromatic amines is 1. The Balaban J connectivity index is 2.32. The summed E-state index contributed by atoms with van der Waals surface area (Å²) >= 11 is 0. The molecule has 78 valence electrons. The lowest BCUT2D eigenvalue weighted by atomic mass is 10.1. The maximum absolute atomic E-state index is 5.52. The molecule has 0 saturated carbocycles. The summed E-state index contributed by atoms with van der Waals surface area (Å²) in [6.07, 6.45) is 1.72. The molecule has 0 bridgehead atoms. The minimum atomic E-state index is 0.433. The second kappa shape index (κ2) is 4.14. The standard InChI is InChI=1S/C11H13N3O/c1-15-7-8-3-2-4-9(5-8)10-6-13-11(12)14-10/h2-6H,7H2,1H3,(H3,12,13,14). The monoisotopic (exact) mass is 203 g/mol. The highest BCUT2D eigenvalue weighted by Gasteiger charge is 2.01. The first-order chi connectivity index (χ1) is 7.29. The van der Waals surface area contributed by atoms with Crippen molar-refractivity contribution < 1.29 is 4.74 Å². The molecule has 0 radical (unpaired) electrons. The maximum atomic E-state index is 5.52. The number of nitrogen functional groups attached to an aromatic ring is 1. The van der Waals surface area contributed by atoms with Crippen molar-refractivity contribution in [2.45, 2.75) is 6.61 Å². The summed E-state index contributed by atoms with van der Waals surface area (Å²) in [6.45, 7) is 0.609. The Hall–Kier alpha value is -1.81. The third-order valence-corrected chi connectivity index (χ3v) is 2.14. The second-order valence-corrected chi connectivity index (χ2v) is 3.32. The molecular formula is C11H13N3O. The van der Waals surface area contributed by atoms with Crippen molar-refractivity contribution in [2.75, 3.05) is 12.8 Å². The van der Waals surface area contributed by atoms with Gasteiger partial charge in [-0.2, -0.15) is 0 Å². The van der Waals surface area contributed by atoms with Crippen LogP contribution in [0.5, 0.6) is 0 Å². The van der Waals surface area contributed by atoms with E-state index in [1.54, 1.807) is 13.3 Å². The summed E-state index contributed by atoms with van der Waals surface area (Å²) in [5.74, 6) is 0.433. The number of methoxy groups -OCH3 is 1. The Bertz CT molecular complexity index is 451. The number of rotatable bonds is 3. The third-order valence-electron chi connectivity index (χ3n) is 2.14. The van der Waals surface area contributed by atoms with Crippen molar-refractivity contribution in [1.82, 2.24) is 9.97 Å². The van der Waals surface area contributed by atoms with Gasteiger partial charge < -0.3 is 15.5 Å². The largest absolute Gasteiger partial charge is 0.380 e. The topological polar surface area (TPSA) is 63.9 Å². The van der Waals surface area contributed by atoms with Crippen molar-refractivity contribution in [1.29, 1.82) is 0 Å². The van der Waals surface area contributed by atoms with Gasteiger partial charge in [-0.15, -0.1) is 0 Å². The predicted molar refractivity (Wildman–Crippen MR) is 59.1 cm³/mol. The number of nitrogens with two attached hydrogens (primary N) is 1. The van der Waals surface area contributed by atoms with Crippen LogP contribution in [0.4, 0.5) is 5.95 Å². The summed E-state index contributed by atoms with van der Waals surface area (Å²) < 4.78 is 5.07. The minimum absolute atomic E-state index is 0.433. The lowest BCUT2D eigenvalue weighted by Crippen LogP contribution is -1.88. The van der Waals surface area contributed by atoms with E-state index in [4.69, 9.17) is 10.5 Å². The molecule has 4 heteroatoms. The molecule has 2 aromatic rings. The SMILES string of the molecule is COCc1cccc(-c2cnc(N)[nH]2)c1. The molecule has 4 nitrogen and oxygen atoms in total. The number of imidazole rings is 1. The molecule has 0 atom stereocenters. The van der Waals surface area contributed by atoms with Gasteiger partial charge in [-0.25, -0.2) is 4.98 Å². The molecule has 0 saturated heterocycles. The number of anilines is 1. The van der Waals surface area contributed by atoms with Gasteiger partial charge >= 0.3 is 0 Å². The number of hydrogen-bond donors (Lipinski definition) is 2. The Morgan fingerprint density at radius 3 is 3.00 bits per heavy atom. The summed E-state index contributed by atoms with van der Waals surface area (Å²) in [5, 5.41) is 0. The van der Waals surface area contributed by atoms with Gasteiger partial charge in [0.25, 0.3) is 0 Å². The van der Waals surface area contributed by atoms with E-state index in [0.29, 0.717) is 12.6 Å². The average molecular weight is 203 g/mol. The molecule has 0 aliphatic heterocycles. The summed E-state index contributed by atoms with van der Waals surface area (Å²) in [5.41, 5.74) is 8.63. The van der Waals surface area contributed by atoms with Gasteiger partial charge in [0, 0.05) is 7.11 Å². The van der Waals surface area contributed by atoms with E-state index in [2.05, 4.69) is 16.0 Å². The second-order valence-electron chi connectivity index (χ2n) is 3.32. The van der Waals surface area contributed by atoms with Gasteiger partial charge in [0.2, 0.25) is 0 Å². The van der Waals surface area contributed by atoms with Gasteiger partial charge in [-0.1, -0.05) is 18.2 Å². The molecule has 0 aliphatic carbocycles. The summed E-state index contributed by atoms with van der Waals surface area (Å²) in [6, 6.07) is 8.07. The smallest absolute Gasteiger partial charge is 0.197 e. The lowest BCUT2D eigenvalue weighted by molar-refractivity contribution is 0.185. The van der Waals surface area contributed by atoms with Gasteiger partial charge in [0.1, 0.15) is 0 Å². The van der Waals surface area contributed by atoms with Crippen LogP contribution in [0, 0.1) is 0 Å². The molecule has 3 N–H and O–H groups in total. The molecule has 0 unspecified atom stereocenters. The Morgan fingerprint density at radius 1 is 1.47 bits per heavy atom. The number of hydrogen-bond acceptors (Lipinski definition) is 3. The van der Waals surface area contributed by atoms with E-state index in [0.717, 1.165) is 16.8 Å². The molecule has 1 heterocycles. The van der Waals surface area contributed by atoms with E-state index in [1.807, 2.05) is 18.2 Å². The molecule has 0 fully saturated rings. The van der Waals surface area contributed by atoms with Gasteiger partial charge in [-0.3, -0.25) is 0 Å². The van der Waals surface area contributed by atoms with Crippen molar-refractivity contribution in [3.63, 3.8) is 0 Å². The van der Waals surface area contributed by atoms with Crippen molar-refractivity contribution in [3.8, 4) is 11.3 Å². The fourth-order valence-electron chi connectivity index (χ4n) is 1.48. The number of aromatic nitrogens is 2.